The summed E-state index contributed by atoms with van der Waals surface area (Å²) in [7, 11) is 0. The van der Waals surface area contributed by atoms with Crippen LogP contribution >= 0.6 is 35.3 Å². The quantitative estimate of drug-likeness (QED) is 0.580. The predicted octanol–water partition coefficient (Wildman–Crippen LogP) is 1.98. The molecule has 0 aromatic carbocycles. The molecule has 0 aromatic heterocycles. The van der Waals surface area contributed by atoms with Gasteiger partial charge in [0.05, 0.1) is 21.6 Å². The van der Waals surface area contributed by atoms with Crippen LogP contribution in [0.3, 0.4) is 0 Å². The molecule has 2 aliphatic heterocycles. The Morgan fingerprint density at radius 2 is 1.38 bits per heavy atom. The lowest BCUT2D eigenvalue weighted by Gasteiger charge is -2.17. The molecular weight excluding hydrogens is 336 g/mol. The van der Waals surface area contributed by atoms with Crippen LogP contribution in [0, 0.1) is 20.2 Å². The maximum absolute atomic E-state index is 11.2. The van der Waals surface area contributed by atoms with Gasteiger partial charge in [-0.05, 0) is 12.8 Å². The standard InChI is InChI=1S/C10H14N4O4S3/c15-13(16)9(7-11-3-1-5-19-7)21-10(14(17)18)8-12-4-2-6-20-8/h11-12H,1-6H2. The molecule has 2 saturated heterocycles. The number of nitro groups is 2. The van der Waals surface area contributed by atoms with Crippen molar-refractivity contribution in [3.8, 4) is 0 Å². The van der Waals surface area contributed by atoms with Crippen molar-refractivity contribution in [2.75, 3.05) is 24.6 Å². The zero-order valence-corrected chi connectivity index (χ0v) is 13.4. The fourth-order valence-corrected chi connectivity index (χ4v) is 4.75. The minimum absolute atomic E-state index is 0.202. The Morgan fingerprint density at radius 1 is 0.952 bits per heavy atom. The Hall–Kier alpha value is -1.07. The van der Waals surface area contributed by atoms with Gasteiger partial charge < -0.3 is 10.6 Å². The first kappa shape index (κ1) is 16.3. The van der Waals surface area contributed by atoms with Crippen LogP contribution < -0.4 is 10.6 Å². The van der Waals surface area contributed by atoms with Gasteiger partial charge in [-0.15, -0.1) is 23.5 Å². The van der Waals surface area contributed by atoms with E-state index in [0.29, 0.717) is 34.9 Å². The van der Waals surface area contributed by atoms with Crippen LogP contribution in [0.1, 0.15) is 12.8 Å². The molecule has 0 spiro atoms. The van der Waals surface area contributed by atoms with Gasteiger partial charge in [0, 0.05) is 24.6 Å². The SMILES string of the molecule is O=[N+]([O-])C(SC(=C1NCCCS1)[N+](=O)[O-])=C1NCCCS1. The molecule has 0 aromatic rings. The second-order valence-corrected chi connectivity index (χ2v) is 7.33. The minimum atomic E-state index is -0.553. The molecule has 0 bridgehead atoms. The van der Waals surface area contributed by atoms with E-state index in [9.17, 15) is 20.2 Å². The van der Waals surface area contributed by atoms with E-state index >= 15 is 0 Å². The first-order valence-electron chi connectivity index (χ1n) is 6.28. The van der Waals surface area contributed by atoms with Crippen LogP contribution in [-0.4, -0.2) is 34.4 Å². The highest BCUT2D eigenvalue weighted by Crippen LogP contribution is 2.37. The van der Waals surface area contributed by atoms with Gasteiger partial charge in [0.1, 0.15) is 0 Å². The molecule has 2 rings (SSSR count). The Morgan fingerprint density at radius 3 is 1.67 bits per heavy atom. The van der Waals surface area contributed by atoms with Gasteiger partial charge >= 0.3 is 10.1 Å². The summed E-state index contributed by atoms with van der Waals surface area (Å²) in [5.74, 6) is 1.55. The monoisotopic (exact) mass is 350 g/mol. The summed E-state index contributed by atoms with van der Waals surface area (Å²) in [4.78, 5) is 21.4. The average Bonchev–Trinajstić information content (AvgIpc) is 2.49. The number of rotatable bonds is 4. The van der Waals surface area contributed by atoms with E-state index in [0.717, 1.165) is 24.3 Å². The molecule has 0 atom stereocenters. The van der Waals surface area contributed by atoms with Crippen LogP contribution in [0.2, 0.25) is 0 Å². The van der Waals surface area contributed by atoms with E-state index in [-0.39, 0.29) is 10.1 Å². The van der Waals surface area contributed by atoms with Crippen molar-refractivity contribution in [3.05, 3.63) is 40.3 Å². The molecule has 0 unspecified atom stereocenters. The normalized spacial score (nSPS) is 23.6. The fraction of sp³-hybridized carbons (Fsp3) is 0.600. The lowest BCUT2D eigenvalue weighted by Crippen LogP contribution is -2.23. The highest BCUT2D eigenvalue weighted by Gasteiger charge is 2.32. The maximum atomic E-state index is 11.2. The molecule has 0 radical (unpaired) electrons. The molecular formula is C10H14N4O4S3. The lowest BCUT2D eigenvalue weighted by molar-refractivity contribution is -0.418. The number of nitrogens with zero attached hydrogens (tertiary/aromatic N) is 2. The molecule has 2 N–H and O–H groups in total. The summed E-state index contributed by atoms with van der Waals surface area (Å²) in [6, 6.07) is 0. The van der Waals surface area contributed by atoms with Crippen LogP contribution in [0.5, 0.6) is 0 Å². The highest BCUT2D eigenvalue weighted by molar-refractivity contribution is 8.10. The third-order valence-corrected chi connectivity index (χ3v) is 6.21. The van der Waals surface area contributed by atoms with Gasteiger partial charge in [-0.25, -0.2) is 0 Å². The summed E-state index contributed by atoms with van der Waals surface area (Å²) in [5.41, 5.74) is 0. The van der Waals surface area contributed by atoms with Gasteiger partial charge in [-0.3, -0.25) is 20.2 Å². The van der Waals surface area contributed by atoms with Crippen LogP contribution in [-0.2, 0) is 0 Å². The number of nitrogens with one attached hydrogen (secondary N) is 2. The van der Waals surface area contributed by atoms with Gasteiger partial charge in [-0.2, -0.15) is 0 Å². The largest absolute Gasteiger partial charge is 0.374 e. The summed E-state index contributed by atoms with van der Waals surface area (Å²) >= 11 is 3.28. The van der Waals surface area contributed by atoms with Crippen LogP contribution in [0.15, 0.2) is 20.1 Å². The topological polar surface area (TPSA) is 110 Å². The van der Waals surface area contributed by atoms with Gasteiger partial charge in [0.25, 0.3) is 0 Å². The molecule has 11 heteroatoms. The Kier molecular flexibility index (Phi) is 6.06. The zero-order chi connectivity index (χ0) is 15.2. The molecule has 116 valence electrons. The second kappa shape index (κ2) is 7.80. The Balaban J connectivity index is 2.28. The maximum Gasteiger partial charge on any atom is 0.343 e. The summed E-state index contributed by atoms with van der Waals surface area (Å²) in [5, 5.41) is 28.8. The Labute approximate surface area is 133 Å². The first-order valence-corrected chi connectivity index (χ1v) is 9.07. The van der Waals surface area contributed by atoms with Crippen LogP contribution in [0.4, 0.5) is 0 Å². The molecule has 8 nitrogen and oxygen atoms in total. The van der Waals surface area contributed by atoms with Crippen molar-refractivity contribution in [2.45, 2.75) is 12.8 Å². The van der Waals surface area contributed by atoms with E-state index in [1.165, 1.54) is 23.5 Å². The van der Waals surface area contributed by atoms with Crippen molar-refractivity contribution in [3.63, 3.8) is 0 Å². The zero-order valence-electron chi connectivity index (χ0n) is 11.0. The molecule has 0 amide bonds. The van der Waals surface area contributed by atoms with Crippen molar-refractivity contribution in [1.82, 2.24) is 10.6 Å². The fourth-order valence-electron chi connectivity index (χ4n) is 1.70. The summed E-state index contributed by atoms with van der Waals surface area (Å²) < 4.78 is 0. The predicted molar refractivity (Wildman–Crippen MR) is 85.8 cm³/mol. The highest BCUT2D eigenvalue weighted by atomic mass is 32.2. The van der Waals surface area contributed by atoms with Crippen LogP contribution in [0.25, 0.3) is 0 Å². The first-order chi connectivity index (χ1) is 10.1. The number of thioether (sulfide) groups is 3. The molecule has 2 heterocycles. The van der Waals surface area contributed by atoms with E-state index in [2.05, 4.69) is 10.6 Å². The Bertz CT molecular complexity index is 449. The number of hydrogen-bond donors (Lipinski definition) is 2. The smallest absolute Gasteiger partial charge is 0.343 e. The average molecular weight is 350 g/mol. The molecule has 2 fully saturated rings. The van der Waals surface area contributed by atoms with Gasteiger partial charge in [-0.1, -0.05) is 0 Å². The van der Waals surface area contributed by atoms with Gasteiger partial charge in [0.2, 0.25) is 0 Å². The van der Waals surface area contributed by atoms with E-state index in [4.69, 9.17) is 0 Å². The van der Waals surface area contributed by atoms with Crippen molar-refractivity contribution >= 4 is 35.3 Å². The molecule has 0 aliphatic carbocycles. The third kappa shape index (κ3) is 4.45. The molecule has 0 saturated carbocycles. The minimum Gasteiger partial charge on any atom is -0.374 e. The van der Waals surface area contributed by atoms with Crippen molar-refractivity contribution in [1.29, 1.82) is 0 Å². The molecule has 2 aliphatic rings. The van der Waals surface area contributed by atoms with Gasteiger partial charge in [0.15, 0.2) is 10.1 Å². The van der Waals surface area contributed by atoms with Crippen molar-refractivity contribution < 1.29 is 9.85 Å². The summed E-state index contributed by atoms with van der Waals surface area (Å²) in [6.07, 6.45) is 1.84. The third-order valence-electron chi connectivity index (χ3n) is 2.62. The van der Waals surface area contributed by atoms with E-state index < -0.39 is 9.85 Å². The van der Waals surface area contributed by atoms with E-state index in [1.54, 1.807) is 0 Å². The number of hydrogen-bond acceptors (Lipinski definition) is 9. The second-order valence-electron chi connectivity index (χ2n) is 4.14. The van der Waals surface area contributed by atoms with E-state index in [1.807, 2.05) is 0 Å². The van der Waals surface area contributed by atoms with Crippen molar-refractivity contribution in [2.24, 2.45) is 0 Å². The lowest BCUT2D eigenvalue weighted by atomic mass is 10.5. The summed E-state index contributed by atoms with van der Waals surface area (Å²) in [6.45, 7) is 1.30. The molecule has 21 heavy (non-hydrogen) atoms.